The molecule has 1 N–H and O–H groups in total. The molecule has 2 aromatic rings. The third kappa shape index (κ3) is 5.51. The molecule has 2 saturated heterocycles. The van der Waals surface area contributed by atoms with Gasteiger partial charge in [0.15, 0.2) is 0 Å². The van der Waals surface area contributed by atoms with E-state index in [9.17, 15) is 9.59 Å². The first-order valence-electron chi connectivity index (χ1n) is 12.8. The largest absolute Gasteiger partial charge is 0.447 e. The molecule has 9 nitrogen and oxygen atoms in total. The fourth-order valence-corrected chi connectivity index (χ4v) is 5.00. The van der Waals surface area contributed by atoms with Gasteiger partial charge in [0.05, 0.1) is 12.6 Å². The number of hydrogen-bond donors (Lipinski definition) is 1. The van der Waals surface area contributed by atoms with E-state index in [1.165, 1.54) is 35.8 Å². The average molecular weight is 491 g/mol. The quantitative estimate of drug-likeness (QED) is 0.535. The number of nitrogens with one attached hydrogen (secondary N) is 1. The van der Waals surface area contributed by atoms with Crippen LogP contribution in [0.5, 0.6) is 0 Å². The van der Waals surface area contributed by atoms with Crippen LogP contribution in [0.3, 0.4) is 0 Å². The highest BCUT2D eigenvalue weighted by atomic mass is 16.6. The molecular formula is C27H34N6O3. The van der Waals surface area contributed by atoms with E-state index in [-0.39, 0.29) is 18.0 Å². The molecule has 3 heterocycles. The van der Waals surface area contributed by atoms with Crippen LogP contribution in [0.2, 0.25) is 0 Å². The maximum Gasteiger partial charge on any atom is 0.415 e. The summed E-state index contributed by atoms with van der Waals surface area (Å²) in [6, 6.07) is 10.9. The first-order valence-corrected chi connectivity index (χ1v) is 12.8. The van der Waals surface area contributed by atoms with E-state index in [2.05, 4.69) is 58.0 Å². The molecule has 2 atom stereocenters. The van der Waals surface area contributed by atoms with E-state index in [0.717, 1.165) is 37.7 Å². The Morgan fingerprint density at radius 3 is 2.50 bits per heavy atom. The van der Waals surface area contributed by atoms with Crippen LogP contribution in [0.1, 0.15) is 49.4 Å². The molecule has 1 aromatic carbocycles. The summed E-state index contributed by atoms with van der Waals surface area (Å²) in [4.78, 5) is 38.6. The number of carbonyl (C=O) groups excluding carboxylic acids is 2. The van der Waals surface area contributed by atoms with Crippen molar-refractivity contribution in [3.8, 4) is 0 Å². The van der Waals surface area contributed by atoms with Crippen molar-refractivity contribution in [1.29, 1.82) is 0 Å². The summed E-state index contributed by atoms with van der Waals surface area (Å²) in [5.41, 5.74) is 2.46. The van der Waals surface area contributed by atoms with Crippen molar-refractivity contribution in [2.24, 2.45) is 5.92 Å². The van der Waals surface area contributed by atoms with Gasteiger partial charge in [0, 0.05) is 38.4 Å². The third-order valence-corrected chi connectivity index (χ3v) is 7.34. The molecule has 1 unspecified atom stereocenters. The van der Waals surface area contributed by atoms with Crippen molar-refractivity contribution < 1.29 is 14.3 Å². The van der Waals surface area contributed by atoms with Gasteiger partial charge in [-0.25, -0.2) is 9.78 Å². The van der Waals surface area contributed by atoms with Gasteiger partial charge in [-0.05, 0) is 42.5 Å². The highest BCUT2D eigenvalue weighted by Crippen LogP contribution is 2.40. The van der Waals surface area contributed by atoms with Crippen LogP contribution in [0, 0.1) is 5.92 Å². The number of anilines is 2. The standard InChI is InChI=1S/C27H34N6O3/c1-3-25(34)32-14-12-31(13-15-32)23(18-20-4-5-20)22-8-6-21(7-9-22)19(2)29-26-28-11-10-24(30-26)33-16-17-36-27(33)35/h3,6-11,19-20,23H,1,4-5,12-18H2,2H3,(H,28,29,30)/t19-,23?/m0/s1. The second kappa shape index (κ2) is 10.7. The number of nitrogens with zero attached hydrogens (tertiary/aromatic N) is 5. The van der Waals surface area contributed by atoms with Crippen molar-refractivity contribution >= 4 is 23.8 Å². The van der Waals surface area contributed by atoms with Crippen LogP contribution in [0.4, 0.5) is 16.6 Å². The van der Waals surface area contributed by atoms with Gasteiger partial charge in [-0.1, -0.05) is 43.7 Å². The fourth-order valence-electron chi connectivity index (χ4n) is 5.00. The topological polar surface area (TPSA) is 90.9 Å². The molecule has 36 heavy (non-hydrogen) atoms. The Balaban J connectivity index is 1.24. The Bertz CT molecular complexity index is 1090. The minimum atomic E-state index is -0.377. The Morgan fingerprint density at radius 2 is 1.86 bits per heavy atom. The molecule has 1 aromatic heterocycles. The van der Waals surface area contributed by atoms with Crippen LogP contribution >= 0.6 is 0 Å². The number of aromatic nitrogens is 2. The molecule has 0 spiro atoms. The lowest BCUT2D eigenvalue weighted by atomic mass is 9.96. The first kappa shape index (κ1) is 24.2. The van der Waals surface area contributed by atoms with Crippen LogP contribution in [-0.4, -0.2) is 71.1 Å². The number of amides is 2. The van der Waals surface area contributed by atoms with E-state index >= 15 is 0 Å². The second-order valence-electron chi connectivity index (χ2n) is 9.80. The Labute approximate surface area is 212 Å². The zero-order valence-corrected chi connectivity index (χ0v) is 20.8. The number of hydrogen-bond acceptors (Lipinski definition) is 7. The van der Waals surface area contributed by atoms with Gasteiger partial charge in [0.2, 0.25) is 11.9 Å². The Morgan fingerprint density at radius 1 is 1.14 bits per heavy atom. The zero-order valence-electron chi connectivity index (χ0n) is 20.8. The van der Waals surface area contributed by atoms with Crippen LogP contribution in [0.25, 0.3) is 0 Å². The molecule has 2 aliphatic heterocycles. The van der Waals surface area contributed by atoms with Crippen molar-refractivity contribution in [1.82, 2.24) is 19.8 Å². The van der Waals surface area contributed by atoms with Gasteiger partial charge in [-0.2, -0.15) is 4.98 Å². The van der Waals surface area contributed by atoms with Crippen molar-refractivity contribution in [2.75, 3.05) is 49.5 Å². The summed E-state index contributed by atoms with van der Waals surface area (Å²) in [7, 11) is 0. The zero-order chi connectivity index (χ0) is 25.1. The van der Waals surface area contributed by atoms with Gasteiger partial charge in [-0.3, -0.25) is 14.6 Å². The van der Waals surface area contributed by atoms with Crippen LogP contribution < -0.4 is 10.2 Å². The molecule has 0 radical (unpaired) electrons. The maximum atomic E-state index is 12.0. The lowest BCUT2D eigenvalue weighted by Gasteiger charge is -2.39. The van der Waals surface area contributed by atoms with Gasteiger partial charge >= 0.3 is 6.09 Å². The number of piperazine rings is 1. The molecule has 5 rings (SSSR count). The average Bonchev–Trinajstić information content (AvgIpc) is 3.64. The van der Waals surface area contributed by atoms with Gasteiger partial charge < -0.3 is 15.0 Å². The molecule has 1 saturated carbocycles. The Kier molecular flexibility index (Phi) is 7.18. The fraction of sp³-hybridized carbons (Fsp3) is 0.481. The number of ether oxygens (including phenoxy) is 1. The summed E-state index contributed by atoms with van der Waals surface area (Å²) < 4.78 is 5.01. The lowest BCUT2D eigenvalue weighted by Crippen LogP contribution is -2.49. The number of rotatable bonds is 9. The number of cyclic esters (lactones) is 1. The predicted octanol–water partition coefficient (Wildman–Crippen LogP) is 3.78. The van der Waals surface area contributed by atoms with E-state index in [4.69, 9.17) is 4.74 Å². The maximum absolute atomic E-state index is 12.0. The van der Waals surface area contributed by atoms with Crippen molar-refractivity contribution in [2.45, 2.75) is 38.3 Å². The minimum Gasteiger partial charge on any atom is -0.447 e. The minimum absolute atomic E-state index is 0.00447. The van der Waals surface area contributed by atoms with E-state index in [0.29, 0.717) is 31.0 Å². The molecule has 9 heteroatoms. The van der Waals surface area contributed by atoms with Crippen LogP contribution in [0.15, 0.2) is 49.2 Å². The summed E-state index contributed by atoms with van der Waals surface area (Å²) >= 11 is 0. The highest BCUT2D eigenvalue weighted by Gasteiger charge is 2.32. The normalized spacial score (nSPS) is 20.1. The summed E-state index contributed by atoms with van der Waals surface area (Å²) in [5.74, 6) is 1.84. The molecule has 3 aliphatic rings. The second-order valence-corrected chi connectivity index (χ2v) is 9.80. The van der Waals surface area contributed by atoms with Gasteiger partial charge in [-0.15, -0.1) is 0 Å². The molecule has 1 aliphatic carbocycles. The predicted molar refractivity (Wildman–Crippen MR) is 138 cm³/mol. The van der Waals surface area contributed by atoms with Crippen LogP contribution in [-0.2, 0) is 9.53 Å². The number of benzene rings is 1. The Hall–Kier alpha value is -3.46. The smallest absolute Gasteiger partial charge is 0.415 e. The highest BCUT2D eigenvalue weighted by molar-refractivity contribution is 5.88. The van der Waals surface area contributed by atoms with Crippen molar-refractivity contribution in [3.05, 3.63) is 60.3 Å². The van der Waals surface area contributed by atoms with Gasteiger partial charge in [0.1, 0.15) is 12.4 Å². The monoisotopic (exact) mass is 490 g/mol. The number of carbonyl (C=O) groups is 2. The van der Waals surface area contributed by atoms with E-state index < -0.39 is 0 Å². The van der Waals surface area contributed by atoms with E-state index in [1.807, 2.05) is 4.90 Å². The summed E-state index contributed by atoms with van der Waals surface area (Å²) in [6.45, 7) is 9.83. The third-order valence-electron chi connectivity index (χ3n) is 7.34. The molecule has 3 fully saturated rings. The summed E-state index contributed by atoms with van der Waals surface area (Å²) in [5, 5.41) is 3.36. The molecule has 0 bridgehead atoms. The SMILES string of the molecule is C=CC(=O)N1CCN(C(CC2CC2)c2ccc([C@H](C)Nc3nccc(N4CCOC4=O)n3)cc2)CC1. The summed E-state index contributed by atoms with van der Waals surface area (Å²) in [6.07, 6.45) is 6.49. The lowest BCUT2D eigenvalue weighted by molar-refractivity contribution is -0.128. The molecule has 190 valence electrons. The molecular weight excluding hydrogens is 456 g/mol. The van der Waals surface area contributed by atoms with E-state index in [1.54, 1.807) is 12.3 Å². The first-order chi connectivity index (χ1) is 17.5. The molecule has 2 amide bonds. The van der Waals surface area contributed by atoms with Crippen molar-refractivity contribution in [3.63, 3.8) is 0 Å². The van der Waals surface area contributed by atoms with Gasteiger partial charge in [0.25, 0.3) is 0 Å².